The molecule has 2 aromatic rings. The van der Waals surface area contributed by atoms with E-state index in [1.165, 1.54) is 44.5 Å². The zero-order chi connectivity index (χ0) is 19.0. The van der Waals surface area contributed by atoms with Crippen molar-refractivity contribution in [3.63, 3.8) is 0 Å². The highest BCUT2D eigenvalue weighted by atomic mass is 14.4. The Morgan fingerprint density at radius 1 is 0.963 bits per heavy atom. The van der Waals surface area contributed by atoms with Gasteiger partial charge in [-0.05, 0) is 67.0 Å². The summed E-state index contributed by atoms with van der Waals surface area (Å²) in [5.41, 5.74) is 11.3. The molecular weight excluding hydrogens is 324 g/mol. The molecule has 0 nitrogen and oxygen atoms in total. The van der Waals surface area contributed by atoms with Crippen LogP contribution in [-0.4, -0.2) is 0 Å². The lowest BCUT2D eigenvalue weighted by atomic mass is 9.73. The number of allylic oxidation sites excluding steroid dienone is 7. The highest BCUT2D eigenvalue weighted by Gasteiger charge is 2.34. The monoisotopic (exact) mass is 352 g/mol. The maximum atomic E-state index is 2.39. The summed E-state index contributed by atoms with van der Waals surface area (Å²) in [6, 6.07) is 13.5. The molecule has 4 rings (SSSR count). The van der Waals surface area contributed by atoms with E-state index in [1.807, 2.05) is 0 Å². The van der Waals surface area contributed by atoms with Crippen molar-refractivity contribution in [2.24, 2.45) is 0 Å². The lowest BCUT2D eigenvalue weighted by molar-refractivity contribution is 0.643. The van der Waals surface area contributed by atoms with Crippen molar-refractivity contribution in [3.8, 4) is 11.1 Å². The van der Waals surface area contributed by atoms with Crippen LogP contribution in [0.4, 0.5) is 0 Å². The molecule has 0 amide bonds. The lowest BCUT2D eigenvalue weighted by Gasteiger charge is -2.29. The molecule has 0 atom stereocenters. The smallest absolute Gasteiger partial charge is 0.0324 e. The molecule has 0 unspecified atom stereocenters. The lowest BCUT2D eigenvalue weighted by Crippen LogP contribution is -2.21. The molecule has 0 bridgehead atoms. The summed E-state index contributed by atoms with van der Waals surface area (Å²) in [7, 11) is 0. The van der Waals surface area contributed by atoms with Gasteiger partial charge in [0.25, 0.3) is 0 Å². The predicted molar refractivity (Wildman–Crippen MR) is 118 cm³/mol. The van der Waals surface area contributed by atoms with Gasteiger partial charge in [-0.3, -0.25) is 0 Å². The molecule has 0 spiro atoms. The molecule has 2 aromatic carbocycles. The van der Waals surface area contributed by atoms with Crippen LogP contribution in [0, 0.1) is 0 Å². The molecule has 0 heterocycles. The Hall–Kier alpha value is -2.60. The van der Waals surface area contributed by atoms with Crippen LogP contribution in [0.25, 0.3) is 17.2 Å². The molecule has 0 aromatic heterocycles. The molecule has 136 valence electrons. The van der Waals surface area contributed by atoms with E-state index in [9.17, 15) is 0 Å². The fourth-order valence-electron chi connectivity index (χ4n) is 4.73. The number of hydrogen-bond donors (Lipinski definition) is 0. The molecule has 2 aliphatic carbocycles. The summed E-state index contributed by atoms with van der Waals surface area (Å²) in [4.78, 5) is 0. The SMILES string of the molecule is CCC1(c2c(C=C(C)C=C(C)C)ccc3c2Cc2ccccc2-3)C=CC=C1. The van der Waals surface area contributed by atoms with Gasteiger partial charge in [-0.2, -0.15) is 0 Å². The number of fused-ring (bicyclic) bond motifs is 3. The van der Waals surface area contributed by atoms with Crippen molar-refractivity contribution in [1.82, 2.24) is 0 Å². The van der Waals surface area contributed by atoms with Crippen LogP contribution in [0.2, 0.25) is 0 Å². The van der Waals surface area contributed by atoms with Gasteiger partial charge in [0.15, 0.2) is 0 Å². The van der Waals surface area contributed by atoms with Crippen LogP contribution in [-0.2, 0) is 11.8 Å². The fraction of sp³-hybridized carbons (Fsp3) is 0.259. The second-order valence-electron chi connectivity index (χ2n) is 8.11. The minimum Gasteiger partial charge on any atom is -0.0762 e. The topological polar surface area (TPSA) is 0 Å². The Morgan fingerprint density at radius 3 is 2.41 bits per heavy atom. The van der Waals surface area contributed by atoms with Crippen molar-refractivity contribution in [2.45, 2.75) is 46.0 Å². The normalized spacial score (nSPS) is 16.4. The van der Waals surface area contributed by atoms with E-state index in [0.717, 1.165) is 12.8 Å². The molecule has 0 N–H and O–H groups in total. The highest BCUT2D eigenvalue weighted by molar-refractivity contribution is 5.82. The molecule has 27 heavy (non-hydrogen) atoms. The second kappa shape index (κ2) is 6.85. The minimum atomic E-state index is 0.00444. The van der Waals surface area contributed by atoms with Crippen molar-refractivity contribution >= 4 is 6.08 Å². The van der Waals surface area contributed by atoms with Gasteiger partial charge in [-0.1, -0.05) is 90.9 Å². The first kappa shape index (κ1) is 17.8. The Morgan fingerprint density at radius 2 is 1.70 bits per heavy atom. The van der Waals surface area contributed by atoms with Crippen LogP contribution in [0.15, 0.2) is 77.9 Å². The number of benzene rings is 2. The van der Waals surface area contributed by atoms with Crippen molar-refractivity contribution < 1.29 is 0 Å². The summed E-state index contributed by atoms with van der Waals surface area (Å²) >= 11 is 0. The van der Waals surface area contributed by atoms with Gasteiger partial charge in [-0.15, -0.1) is 0 Å². The van der Waals surface area contributed by atoms with Crippen molar-refractivity contribution in [1.29, 1.82) is 0 Å². The largest absolute Gasteiger partial charge is 0.0762 e. The number of rotatable bonds is 4. The quantitative estimate of drug-likeness (QED) is 0.429. The Balaban J connectivity index is 1.97. The van der Waals surface area contributed by atoms with E-state index in [2.05, 4.69) is 101 Å². The maximum absolute atomic E-state index is 2.39. The minimum absolute atomic E-state index is 0.00444. The van der Waals surface area contributed by atoms with E-state index in [1.54, 1.807) is 0 Å². The summed E-state index contributed by atoms with van der Waals surface area (Å²) in [6.45, 7) is 8.83. The number of hydrogen-bond acceptors (Lipinski definition) is 0. The van der Waals surface area contributed by atoms with E-state index >= 15 is 0 Å². The zero-order valence-electron chi connectivity index (χ0n) is 16.8. The van der Waals surface area contributed by atoms with Crippen LogP contribution in [0.3, 0.4) is 0 Å². The molecule has 0 radical (unpaired) electrons. The van der Waals surface area contributed by atoms with E-state index < -0.39 is 0 Å². The van der Waals surface area contributed by atoms with Crippen LogP contribution >= 0.6 is 0 Å². The van der Waals surface area contributed by atoms with Gasteiger partial charge >= 0.3 is 0 Å². The zero-order valence-corrected chi connectivity index (χ0v) is 16.8. The third kappa shape index (κ3) is 3.04. The molecule has 0 fully saturated rings. The van der Waals surface area contributed by atoms with Gasteiger partial charge in [0, 0.05) is 5.41 Å². The molecule has 0 saturated heterocycles. The van der Waals surface area contributed by atoms with Crippen molar-refractivity contribution in [2.75, 3.05) is 0 Å². The second-order valence-corrected chi connectivity index (χ2v) is 8.11. The molecule has 0 heteroatoms. The first-order chi connectivity index (χ1) is 13.0. The van der Waals surface area contributed by atoms with Crippen LogP contribution in [0.1, 0.15) is 56.4 Å². The average Bonchev–Trinajstić information content (AvgIpc) is 3.25. The van der Waals surface area contributed by atoms with Crippen LogP contribution in [0.5, 0.6) is 0 Å². The third-order valence-electron chi connectivity index (χ3n) is 5.87. The molecular formula is C27H28. The van der Waals surface area contributed by atoms with Crippen LogP contribution < -0.4 is 0 Å². The van der Waals surface area contributed by atoms with Crippen molar-refractivity contribution in [3.05, 3.63) is 100 Å². The summed E-state index contributed by atoms with van der Waals surface area (Å²) < 4.78 is 0. The molecule has 0 aliphatic heterocycles. The third-order valence-corrected chi connectivity index (χ3v) is 5.87. The Kier molecular flexibility index (Phi) is 4.52. The van der Waals surface area contributed by atoms with E-state index in [4.69, 9.17) is 0 Å². The average molecular weight is 353 g/mol. The predicted octanol–water partition coefficient (Wildman–Crippen LogP) is 7.40. The summed E-state index contributed by atoms with van der Waals surface area (Å²) in [5.74, 6) is 0. The Bertz CT molecular complexity index is 992. The van der Waals surface area contributed by atoms with Gasteiger partial charge in [0.05, 0.1) is 0 Å². The van der Waals surface area contributed by atoms with Gasteiger partial charge in [-0.25, -0.2) is 0 Å². The van der Waals surface area contributed by atoms with E-state index in [0.29, 0.717) is 0 Å². The highest BCUT2D eigenvalue weighted by Crippen LogP contribution is 2.47. The van der Waals surface area contributed by atoms with Gasteiger partial charge in [0.1, 0.15) is 0 Å². The first-order valence-electron chi connectivity index (χ1n) is 9.99. The Labute approximate surface area is 163 Å². The van der Waals surface area contributed by atoms with Gasteiger partial charge in [0.2, 0.25) is 0 Å². The fourth-order valence-corrected chi connectivity index (χ4v) is 4.73. The molecule has 2 aliphatic rings. The van der Waals surface area contributed by atoms with Gasteiger partial charge < -0.3 is 0 Å². The van der Waals surface area contributed by atoms with E-state index in [-0.39, 0.29) is 5.41 Å². The summed E-state index contributed by atoms with van der Waals surface area (Å²) in [6.07, 6.45) is 15.9. The maximum Gasteiger partial charge on any atom is 0.0324 e. The summed E-state index contributed by atoms with van der Waals surface area (Å²) in [5, 5.41) is 0. The first-order valence-corrected chi connectivity index (χ1v) is 9.99. The molecule has 0 saturated carbocycles. The standard InChI is InChI=1S/C27H28/c1-5-27(14-8-9-15-27)26-22(17-20(4)16-19(2)3)12-13-24-23-11-7-6-10-21(23)18-25(24)26/h6-17H,5,18H2,1-4H3.